The number of Topliss-reactive ketones (excluding diaryl/α,β-unsaturated/α-hetero) is 1. The number of hydrogen-bond donors (Lipinski definition) is 0. The Morgan fingerprint density at radius 1 is 0.968 bits per heavy atom. The fraction of sp³-hybridized carbons (Fsp3) is 0.500. The fourth-order valence-corrected chi connectivity index (χ4v) is 5.50. The van der Waals surface area contributed by atoms with E-state index >= 15 is 0 Å². The van der Waals surface area contributed by atoms with Gasteiger partial charge in [0.05, 0.1) is 17.1 Å². The molecule has 2 aliphatic rings. The van der Waals surface area contributed by atoms with Gasteiger partial charge in [0.25, 0.3) is 5.91 Å². The van der Waals surface area contributed by atoms with Crippen LogP contribution in [0.1, 0.15) is 63.8 Å². The molecule has 31 heavy (non-hydrogen) atoms. The Morgan fingerprint density at radius 2 is 1.65 bits per heavy atom. The number of carbonyl (C=O) groups excluding carboxylic acids is 2. The number of aromatic nitrogens is 1. The number of piperazine rings is 1. The van der Waals surface area contributed by atoms with Crippen LogP contribution in [0.5, 0.6) is 0 Å². The van der Waals surface area contributed by atoms with Crippen LogP contribution in [0.3, 0.4) is 0 Å². The van der Waals surface area contributed by atoms with Crippen molar-refractivity contribution < 1.29 is 9.59 Å². The van der Waals surface area contributed by atoms with Crippen molar-refractivity contribution in [2.45, 2.75) is 45.6 Å². The Kier molecular flexibility index (Phi) is 6.75. The molecule has 1 saturated heterocycles. The summed E-state index contributed by atoms with van der Waals surface area (Å²) in [7, 11) is 0. The molecule has 1 aliphatic carbocycles. The van der Waals surface area contributed by atoms with Gasteiger partial charge in [-0.3, -0.25) is 14.5 Å². The highest BCUT2D eigenvalue weighted by Gasteiger charge is 2.27. The summed E-state index contributed by atoms with van der Waals surface area (Å²) in [5, 5.41) is 0.880. The molecule has 5 nitrogen and oxygen atoms in total. The molecule has 0 spiro atoms. The van der Waals surface area contributed by atoms with Crippen LogP contribution in [-0.4, -0.2) is 58.8 Å². The van der Waals surface area contributed by atoms with E-state index in [0.29, 0.717) is 54.4 Å². The Balaban J connectivity index is 1.36. The molecule has 0 unspecified atom stereocenters. The molecule has 2 aromatic rings. The first kappa shape index (κ1) is 22.4. The largest absolute Gasteiger partial charge is 0.345 e. The summed E-state index contributed by atoms with van der Waals surface area (Å²) >= 11 is 12.1. The number of benzene rings is 1. The summed E-state index contributed by atoms with van der Waals surface area (Å²) in [4.78, 5) is 29.8. The average molecular weight is 462 g/mol. The second-order valence-electron chi connectivity index (χ2n) is 8.71. The molecule has 2 heterocycles. The standard InChI is InChI=1S/C24H29Cl2N3O2/c1-16-13-21(17(2)29(16)19-5-3-4-6-19)23(30)15-27-9-11-28(12-10-27)24(31)20-8-7-18(25)14-22(20)26/h7-8,13-14,19H,3-6,9-12,15H2,1-2H3. The van der Waals surface area contributed by atoms with Crippen molar-refractivity contribution in [2.75, 3.05) is 32.7 Å². The quantitative estimate of drug-likeness (QED) is 0.577. The number of aryl methyl sites for hydroxylation is 1. The van der Waals surface area contributed by atoms with E-state index in [4.69, 9.17) is 23.2 Å². The Morgan fingerprint density at radius 3 is 2.29 bits per heavy atom. The van der Waals surface area contributed by atoms with E-state index < -0.39 is 0 Å². The van der Waals surface area contributed by atoms with Crippen LogP contribution in [0.2, 0.25) is 10.0 Å². The summed E-state index contributed by atoms with van der Waals surface area (Å²) in [6.45, 7) is 7.06. The number of nitrogens with zero attached hydrogens (tertiary/aromatic N) is 3. The monoisotopic (exact) mass is 461 g/mol. The molecule has 166 valence electrons. The maximum atomic E-state index is 13.1. The maximum Gasteiger partial charge on any atom is 0.255 e. The van der Waals surface area contributed by atoms with Gasteiger partial charge in [0.1, 0.15) is 0 Å². The normalized spacial score (nSPS) is 18.0. The number of halogens is 2. The van der Waals surface area contributed by atoms with Crippen molar-refractivity contribution in [2.24, 2.45) is 0 Å². The molecule has 1 saturated carbocycles. The van der Waals surface area contributed by atoms with Gasteiger partial charge >= 0.3 is 0 Å². The van der Waals surface area contributed by atoms with Crippen LogP contribution < -0.4 is 0 Å². The van der Waals surface area contributed by atoms with E-state index in [2.05, 4.69) is 29.4 Å². The number of amides is 1. The highest BCUT2D eigenvalue weighted by atomic mass is 35.5. The fourth-order valence-electron chi connectivity index (χ4n) is 5.01. The SMILES string of the molecule is Cc1cc(C(=O)CN2CCN(C(=O)c3ccc(Cl)cc3Cl)CC2)c(C)n1C1CCCC1. The first-order valence-corrected chi connectivity index (χ1v) is 11.8. The smallest absolute Gasteiger partial charge is 0.255 e. The highest BCUT2D eigenvalue weighted by molar-refractivity contribution is 6.36. The van der Waals surface area contributed by atoms with Gasteiger partial charge in [-0.2, -0.15) is 0 Å². The summed E-state index contributed by atoms with van der Waals surface area (Å²) in [5.74, 6) is 0.0746. The van der Waals surface area contributed by atoms with E-state index in [1.165, 1.54) is 31.4 Å². The number of hydrogen-bond acceptors (Lipinski definition) is 3. The van der Waals surface area contributed by atoms with Crippen molar-refractivity contribution in [1.29, 1.82) is 0 Å². The van der Waals surface area contributed by atoms with Gasteiger partial charge in [0.2, 0.25) is 0 Å². The zero-order chi connectivity index (χ0) is 22.1. The van der Waals surface area contributed by atoms with Crippen LogP contribution in [-0.2, 0) is 0 Å². The Hall–Kier alpha value is -1.82. The van der Waals surface area contributed by atoms with E-state index in [-0.39, 0.29) is 11.7 Å². The number of carbonyl (C=O) groups is 2. The second-order valence-corrected chi connectivity index (χ2v) is 9.55. The molecule has 0 atom stereocenters. The van der Waals surface area contributed by atoms with Gasteiger partial charge in [-0.25, -0.2) is 0 Å². The minimum Gasteiger partial charge on any atom is -0.345 e. The number of ketones is 1. The lowest BCUT2D eigenvalue weighted by atomic mass is 10.1. The minimum absolute atomic E-state index is 0.0900. The van der Waals surface area contributed by atoms with E-state index in [1.807, 2.05) is 0 Å². The molecular formula is C24H29Cl2N3O2. The molecule has 1 amide bonds. The third kappa shape index (κ3) is 4.69. The van der Waals surface area contributed by atoms with Gasteiger partial charge in [-0.15, -0.1) is 0 Å². The molecular weight excluding hydrogens is 433 g/mol. The lowest BCUT2D eigenvalue weighted by molar-refractivity contribution is 0.0624. The number of rotatable bonds is 5. The first-order valence-electron chi connectivity index (χ1n) is 11.0. The van der Waals surface area contributed by atoms with Gasteiger partial charge in [0.15, 0.2) is 5.78 Å². The summed E-state index contributed by atoms with van der Waals surface area (Å²) in [6.07, 6.45) is 4.96. The van der Waals surface area contributed by atoms with Crippen LogP contribution in [0.4, 0.5) is 0 Å². The third-order valence-corrected chi connectivity index (χ3v) is 7.21. The van der Waals surface area contributed by atoms with Gasteiger partial charge < -0.3 is 9.47 Å². The first-order chi connectivity index (χ1) is 14.8. The van der Waals surface area contributed by atoms with Crippen molar-refractivity contribution in [3.05, 3.63) is 56.8 Å². The van der Waals surface area contributed by atoms with Crippen LogP contribution in [0, 0.1) is 13.8 Å². The topological polar surface area (TPSA) is 45.6 Å². The van der Waals surface area contributed by atoms with E-state index in [0.717, 1.165) is 11.3 Å². The maximum absolute atomic E-state index is 13.1. The molecule has 1 aromatic heterocycles. The molecule has 2 fully saturated rings. The highest BCUT2D eigenvalue weighted by Crippen LogP contribution is 2.33. The summed E-state index contributed by atoms with van der Waals surface area (Å²) in [6, 6.07) is 7.53. The van der Waals surface area contributed by atoms with Gasteiger partial charge in [-0.1, -0.05) is 36.0 Å². The van der Waals surface area contributed by atoms with Crippen molar-refractivity contribution >= 4 is 34.9 Å². The Labute approximate surface area is 193 Å². The van der Waals surface area contributed by atoms with Crippen LogP contribution in [0.15, 0.2) is 24.3 Å². The lowest BCUT2D eigenvalue weighted by Crippen LogP contribution is -2.50. The average Bonchev–Trinajstić information content (AvgIpc) is 3.35. The van der Waals surface area contributed by atoms with Crippen LogP contribution in [0.25, 0.3) is 0 Å². The second kappa shape index (κ2) is 9.35. The molecule has 1 aromatic carbocycles. The van der Waals surface area contributed by atoms with Crippen molar-refractivity contribution in [1.82, 2.24) is 14.4 Å². The van der Waals surface area contributed by atoms with Gasteiger partial charge in [0, 0.05) is 54.2 Å². The lowest BCUT2D eigenvalue weighted by Gasteiger charge is -2.34. The summed E-state index contributed by atoms with van der Waals surface area (Å²) < 4.78 is 2.37. The van der Waals surface area contributed by atoms with E-state index in [1.54, 1.807) is 23.1 Å². The van der Waals surface area contributed by atoms with E-state index in [9.17, 15) is 9.59 Å². The third-order valence-electron chi connectivity index (χ3n) is 6.66. The summed E-state index contributed by atoms with van der Waals surface area (Å²) in [5.41, 5.74) is 3.59. The molecule has 0 N–H and O–H groups in total. The zero-order valence-electron chi connectivity index (χ0n) is 18.2. The van der Waals surface area contributed by atoms with Crippen LogP contribution >= 0.6 is 23.2 Å². The van der Waals surface area contributed by atoms with Crippen molar-refractivity contribution in [3.63, 3.8) is 0 Å². The predicted molar refractivity (Wildman–Crippen MR) is 125 cm³/mol. The zero-order valence-corrected chi connectivity index (χ0v) is 19.7. The van der Waals surface area contributed by atoms with Gasteiger partial charge in [-0.05, 0) is 51.0 Å². The predicted octanol–water partition coefficient (Wildman–Crippen LogP) is 5.17. The molecule has 0 bridgehead atoms. The molecule has 7 heteroatoms. The molecule has 4 rings (SSSR count). The minimum atomic E-state index is -0.0900. The molecule has 0 radical (unpaired) electrons. The molecule has 1 aliphatic heterocycles. The Bertz CT molecular complexity index is 987. The van der Waals surface area contributed by atoms with Crippen molar-refractivity contribution in [3.8, 4) is 0 Å².